The molecule has 26 heavy (non-hydrogen) atoms. The number of hydrogen-bond acceptors (Lipinski definition) is 3. The molecule has 0 spiro atoms. The number of nitrogens with zero attached hydrogens (tertiary/aromatic N) is 1. The second-order valence-corrected chi connectivity index (χ2v) is 7.32. The summed E-state index contributed by atoms with van der Waals surface area (Å²) in [5.74, 6) is -0.0951. The third kappa shape index (κ3) is 3.41. The highest BCUT2D eigenvalue weighted by atomic mass is 32.2. The van der Waals surface area contributed by atoms with E-state index in [0.717, 1.165) is 21.9 Å². The number of aliphatic imine (C=N–C) groups is 1. The van der Waals surface area contributed by atoms with Crippen molar-refractivity contribution in [1.82, 2.24) is 5.32 Å². The zero-order chi connectivity index (χ0) is 17.9. The van der Waals surface area contributed by atoms with Crippen molar-refractivity contribution >= 4 is 29.1 Å². The number of hydrogen-bond donors (Lipinski definition) is 1. The first kappa shape index (κ1) is 16.6. The van der Waals surface area contributed by atoms with Crippen molar-refractivity contribution in [2.24, 2.45) is 4.99 Å². The number of carbonyl (C=O) groups excluding carboxylic acids is 1. The minimum atomic E-state index is -0.236. The van der Waals surface area contributed by atoms with Gasteiger partial charge in [0.15, 0.2) is 0 Å². The predicted octanol–water partition coefficient (Wildman–Crippen LogP) is 4.98. The smallest absolute Gasteiger partial charge is 0.252 e. The van der Waals surface area contributed by atoms with Crippen LogP contribution in [0.2, 0.25) is 0 Å². The molecule has 0 radical (unpaired) electrons. The molecule has 3 aromatic carbocycles. The molecule has 128 valence electrons. The molecule has 4 rings (SSSR count). The first-order valence-corrected chi connectivity index (χ1v) is 9.36. The molecule has 0 aromatic heterocycles. The van der Waals surface area contributed by atoms with Crippen molar-refractivity contribution in [2.45, 2.75) is 17.2 Å². The Morgan fingerprint density at radius 2 is 1.62 bits per heavy atom. The van der Waals surface area contributed by atoms with E-state index in [2.05, 4.69) is 36.5 Å². The molecule has 0 saturated heterocycles. The van der Waals surface area contributed by atoms with Crippen molar-refractivity contribution in [3.63, 3.8) is 0 Å². The molecular formula is C22H18N2OS. The molecule has 0 aliphatic carbocycles. The van der Waals surface area contributed by atoms with Crippen molar-refractivity contribution in [3.8, 4) is 0 Å². The number of rotatable bonds is 3. The lowest BCUT2D eigenvalue weighted by Gasteiger charge is -2.25. The largest absolute Gasteiger partial charge is 0.334 e. The van der Waals surface area contributed by atoms with Crippen LogP contribution in [-0.4, -0.2) is 17.0 Å². The molecule has 0 bridgehead atoms. The average Bonchev–Trinajstić information content (AvgIpc) is 2.69. The van der Waals surface area contributed by atoms with Crippen molar-refractivity contribution in [2.75, 3.05) is 0 Å². The summed E-state index contributed by atoms with van der Waals surface area (Å²) in [5.41, 5.74) is 4.69. The summed E-state index contributed by atoms with van der Waals surface area (Å²) in [4.78, 5) is 18.6. The van der Waals surface area contributed by atoms with Crippen LogP contribution in [0, 0.1) is 6.92 Å². The number of fused-ring (bicyclic) bond motifs is 1. The van der Waals surface area contributed by atoms with E-state index in [4.69, 9.17) is 4.99 Å². The summed E-state index contributed by atoms with van der Waals surface area (Å²) in [6.07, 6.45) is 0. The second kappa shape index (κ2) is 7.18. The van der Waals surface area contributed by atoms with Gasteiger partial charge in [-0.2, -0.15) is 0 Å². The van der Waals surface area contributed by atoms with Crippen molar-refractivity contribution in [1.29, 1.82) is 0 Å². The summed E-state index contributed by atoms with van der Waals surface area (Å²) < 4.78 is 0. The van der Waals surface area contributed by atoms with E-state index in [9.17, 15) is 4.79 Å². The lowest BCUT2D eigenvalue weighted by atomic mass is 10.1. The molecule has 1 aliphatic heterocycles. The van der Waals surface area contributed by atoms with Gasteiger partial charge in [0.1, 0.15) is 5.37 Å². The van der Waals surface area contributed by atoms with Gasteiger partial charge in [-0.05, 0) is 36.8 Å². The van der Waals surface area contributed by atoms with Gasteiger partial charge in [0.2, 0.25) is 0 Å². The van der Waals surface area contributed by atoms with Crippen molar-refractivity contribution < 1.29 is 4.79 Å². The van der Waals surface area contributed by atoms with Gasteiger partial charge in [-0.25, -0.2) is 4.99 Å². The number of amides is 1. The zero-order valence-electron chi connectivity index (χ0n) is 14.3. The first-order chi connectivity index (χ1) is 12.7. The Hall–Kier alpha value is -2.85. The standard InChI is InChI=1S/C22H18N2OS/c1-15-11-13-16(14-12-15)20-22(24-21(25)17-7-3-2-4-8-17)26-19-10-6-5-9-18(19)23-20/h2-14,22H,1H3,(H,24,25)/t22-/m0/s1. The predicted molar refractivity (Wildman–Crippen MR) is 107 cm³/mol. The lowest BCUT2D eigenvalue weighted by molar-refractivity contribution is 0.0956. The van der Waals surface area contributed by atoms with E-state index in [0.29, 0.717) is 5.56 Å². The number of carbonyl (C=O) groups is 1. The molecule has 1 amide bonds. The fourth-order valence-electron chi connectivity index (χ4n) is 2.85. The normalized spacial score (nSPS) is 15.7. The average molecular weight is 358 g/mol. The molecule has 4 heteroatoms. The lowest BCUT2D eigenvalue weighted by Crippen LogP contribution is -2.39. The van der Waals surface area contributed by atoms with Gasteiger partial charge in [-0.3, -0.25) is 4.79 Å². The van der Waals surface area contributed by atoms with Gasteiger partial charge < -0.3 is 5.32 Å². The van der Waals surface area contributed by atoms with E-state index in [1.807, 2.05) is 54.6 Å². The van der Waals surface area contributed by atoms with E-state index >= 15 is 0 Å². The Morgan fingerprint density at radius 1 is 0.923 bits per heavy atom. The summed E-state index contributed by atoms with van der Waals surface area (Å²) in [6, 6.07) is 25.6. The van der Waals surface area contributed by atoms with Gasteiger partial charge in [0, 0.05) is 10.5 Å². The topological polar surface area (TPSA) is 41.5 Å². The molecule has 3 nitrogen and oxygen atoms in total. The molecule has 1 N–H and O–H groups in total. The number of aryl methyl sites for hydroxylation is 1. The van der Waals surface area contributed by atoms with Gasteiger partial charge in [0.25, 0.3) is 5.91 Å². The number of thioether (sulfide) groups is 1. The highest BCUT2D eigenvalue weighted by Crippen LogP contribution is 2.38. The summed E-state index contributed by atoms with van der Waals surface area (Å²) in [7, 11) is 0. The van der Waals surface area contributed by atoms with E-state index < -0.39 is 0 Å². The molecule has 1 aliphatic rings. The molecule has 0 fully saturated rings. The van der Waals surface area contributed by atoms with E-state index in [1.54, 1.807) is 11.8 Å². The van der Waals surface area contributed by atoms with Crippen LogP contribution < -0.4 is 5.32 Å². The molecule has 0 unspecified atom stereocenters. The van der Waals surface area contributed by atoms with Gasteiger partial charge in [0.05, 0.1) is 11.4 Å². The monoisotopic (exact) mass is 358 g/mol. The Kier molecular flexibility index (Phi) is 4.59. The summed E-state index contributed by atoms with van der Waals surface area (Å²) in [5, 5.41) is 2.90. The highest BCUT2D eigenvalue weighted by Gasteiger charge is 2.26. The molecule has 0 saturated carbocycles. The SMILES string of the molecule is Cc1ccc(C2=Nc3ccccc3S[C@@H]2NC(=O)c2ccccc2)cc1. The zero-order valence-corrected chi connectivity index (χ0v) is 15.2. The van der Waals surface area contributed by atoms with Crippen LogP contribution in [0.4, 0.5) is 5.69 Å². The maximum Gasteiger partial charge on any atom is 0.252 e. The van der Waals surface area contributed by atoms with Crippen LogP contribution in [0.1, 0.15) is 21.5 Å². The van der Waals surface area contributed by atoms with Gasteiger partial charge >= 0.3 is 0 Å². The van der Waals surface area contributed by atoms with Crippen LogP contribution in [0.15, 0.2) is 88.8 Å². The first-order valence-electron chi connectivity index (χ1n) is 8.48. The van der Waals surface area contributed by atoms with Gasteiger partial charge in [-0.15, -0.1) is 0 Å². The van der Waals surface area contributed by atoms with Crippen LogP contribution in [-0.2, 0) is 0 Å². The highest BCUT2D eigenvalue weighted by molar-refractivity contribution is 8.00. The maximum atomic E-state index is 12.7. The second-order valence-electron chi connectivity index (χ2n) is 6.17. The Labute approximate surface area is 157 Å². The van der Waals surface area contributed by atoms with E-state index in [1.165, 1.54) is 5.56 Å². The van der Waals surface area contributed by atoms with Crippen LogP contribution in [0.3, 0.4) is 0 Å². The van der Waals surface area contributed by atoms with E-state index in [-0.39, 0.29) is 11.3 Å². The Morgan fingerprint density at radius 3 is 2.38 bits per heavy atom. The molecule has 3 aromatic rings. The number of benzene rings is 3. The Balaban J connectivity index is 1.70. The molecule has 1 atom stereocenters. The fourth-order valence-corrected chi connectivity index (χ4v) is 3.96. The quantitative estimate of drug-likeness (QED) is 0.717. The molecular weight excluding hydrogens is 340 g/mol. The van der Waals surface area contributed by atoms with Crippen molar-refractivity contribution in [3.05, 3.63) is 95.6 Å². The minimum Gasteiger partial charge on any atom is -0.334 e. The maximum absolute atomic E-state index is 12.7. The fraction of sp³-hybridized carbons (Fsp3) is 0.0909. The van der Waals surface area contributed by atoms with Crippen LogP contribution >= 0.6 is 11.8 Å². The number of para-hydroxylation sites is 1. The molecule has 1 heterocycles. The Bertz CT molecular complexity index is 965. The van der Waals surface area contributed by atoms with Crippen LogP contribution in [0.25, 0.3) is 0 Å². The number of nitrogens with one attached hydrogen (secondary N) is 1. The third-order valence-electron chi connectivity index (χ3n) is 4.24. The summed E-state index contributed by atoms with van der Waals surface area (Å²) in [6.45, 7) is 2.06. The summed E-state index contributed by atoms with van der Waals surface area (Å²) >= 11 is 1.62. The minimum absolute atomic E-state index is 0.0951. The van der Waals surface area contributed by atoms with Crippen LogP contribution in [0.5, 0.6) is 0 Å². The third-order valence-corrected chi connectivity index (χ3v) is 5.42. The van der Waals surface area contributed by atoms with Gasteiger partial charge in [-0.1, -0.05) is 71.9 Å².